The summed E-state index contributed by atoms with van der Waals surface area (Å²) in [6.45, 7) is 9.72. The molecule has 2 fully saturated rings. The number of ether oxygens (including phenoxy) is 5. The first-order valence-electron chi connectivity index (χ1n) is 13.7. The molecule has 1 aromatic heterocycles. The fraction of sp³-hybridized carbons (Fsp3) is 0.556. The second-order valence-electron chi connectivity index (χ2n) is 10.2. The van der Waals surface area contributed by atoms with Gasteiger partial charge in [0.05, 0.1) is 52.4 Å². The smallest absolute Gasteiger partial charge is 0.243 e. The van der Waals surface area contributed by atoms with E-state index in [-0.39, 0.29) is 37.6 Å². The van der Waals surface area contributed by atoms with Crippen LogP contribution in [-0.2, 0) is 24.2 Å². The molecule has 0 spiro atoms. The molecule has 3 atom stereocenters. The Hall–Kier alpha value is -3.60. The van der Waals surface area contributed by atoms with Gasteiger partial charge in [0.2, 0.25) is 21.9 Å². The van der Waals surface area contributed by atoms with E-state index in [1.165, 1.54) is 25.7 Å². The van der Waals surface area contributed by atoms with Crippen LogP contribution in [0.3, 0.4) is 0 Å². The van der Waals surface area contributed by atoms with E-state index >= 15 is 0 Å². The number of para-hydroxylation sites is 1. The molecule has 14 nitrogen and oxygen atoms in total. The average molecular weight is 624 g/mol. The van der Waals surface area contributed by atoms with Gasteiger partial charge in [-0.05, 0) is 46.0 Å². The van der Waals surface area contributed by atoms with Gasteiger partial charge in [-0.25, -0.2) is 22.8 Å². The van der Waals surface area contributed by atoms with Gasteiger partial charge in [-0.1, -0.05) is 6.07 Å². The van der Waals surface area contributed by atoms with Crippen LogP contribution in [0.4, 0.5) is 10.3 Å². The van der Waals surface area contributed by atoms with Crippen molar-refractivity contribution in [2.75, 3.05) is 51.9 Å². The summed E-state index contributed by atoms with van der Waals surface area (Å²) in [7, 11) is -1.17. The van der Waals surface area contributed by atoms with E-state index in [9.17, 15) is 12.8 Å². The molecule has 1 N–H and O–H groups in total. The number of halogens is 1. The number of hydrogen-bond acceptors (Lipinski definition) is 10. The number of piperidine rings is 1. The molecule has 16 heteroatoms. The van der Waals surface area contributed by atoms with Crippen LogP contribution in [0, 0.1) is 0 Å². The number of rotatable bonds is 10. The number of nitrogens with zero attached hydrogens (tertiary/aromatic N) is 6. The minimum absolute atomic E-state index is 0.0110. The molecular formula is C27H38FN7O7S. The summed E-state index contributed by atoms with van der Waals surface area (Å²) in [6, 6.07) is 5.16. The fourth-order valence-electron chi connectivity index (χ4n) is 4.94. The molecule has 1 aromatic carbocycles. The Morgan fingerprint density at radius 1 is 1.21 bits per heavy atom. The van der Waals surface area contributed by atoms with Gasteiger partial charge < -0.3 is 28.6 Å². The first-order valence-corrected chi connectivity index (χ1v) is 15.3. The van der Waals surface area contributed by atoms with Gasteiger partial charge in [0.25, 0.3) is 0 Å². The van der Waals surface area contributed by atoms with Gasteiger partial charge in [-0.2, -0.15) is 0 Å². The number of sulfonamides is 1. The first-order chi connectivity index (χ1) is 20.6. The number of methoxy groups -OCH3 is 2. The quantitative estimate of drug-likeness (QED) is 0.309. The minimum Gasteiger partial charge on any atom is -0.494 e. The van der Waals surface area contributed by atoms with Crippen molar-refractivity contribution >= 4 is 28.6 Å². The van der Waals surface area contributed by atoms with Crippen molar-refractivity contribution in [2.45, 2.75) is 50.8 Å². The van der Waals surface area contributed by atoms with Crippen LogP contribution < -0.4 is 14.2 Å². The summed E-state index contributed by atoms with van der Waals surface area (Å²) >= 11 is 0. The van der Waals surface area contributed by atoms with Gasteiger partial charge in [0.1, 0.15) is 34.4 Å². The van der Waals surface area contributed by atoms with E-state index in [2.05, 4.69) is 31.6 Å². The summed E-state index contributed by atoms with van der Waals surface area (Å²) in [5.41, 5.74) is 0.379. The zero-order valence-corrected chi connectivity index (χ0v) is 25.7. The number of likely N-dealkylation sites (tertiary alicyclic amines) is 1. The number of aromatic nitrogens is 3. The number of aliphatic imine (C=N–C) groups is 2. The number of benzene rings is 1. The standard InChI is InChI=1S/C27H38FN7O7S/c1-17(2)42-19-12-20(15-34(14-19)26(29-4)30-13-18(3)28)43(36,37)33-27-32-31-25(23-16-40-10-11-41-23)35(27)24-21(38-5)8-7-9-22(24)39-6/h7-9,13,17,19-20,23H,4,10-12,14-16H2,1-3,5-6H3,(H,32,33)/b18-13+,30-26+/t19-,20+,23+/m0/s1. The van der Waals surface area contributed by atoms with E-state index in [4.69, 9.17) is 23.7 Å². The van der Waals surface area contributed by atoms with Gasteiger partial charge in [-0.3, -0.25) is 9.29 Å². The van der Waals surface area contributed by atoms with Crippen molar-refractivity contribution in [3.05, 3.63) is 36.1 Å². The van der Waals surface area contributed by atoms with Crippen molar-refractivity contribution in [1.82, 2.24) is 19.7 Å². The van der Waals surface area contributed by atoms with Crippen molar-refractivity contribution in [1.29, 1.82) is 0 Å². The third-order valence-corrected chi connectivity index (χ3v) is 8.40. The van der Waals surface area contributed by atoms with Gasteiger partial charge in [-0.15, -0.1) is 10.2 Å². The predicted molar refractivity (Wildman–Crippen MR) is 158 cm³/mol. The van der Waals surface area contributed by atoms with Crippen LogP contribution in [0.25, 0.3) is 5.69 Å². The number of guanidine groups is 1. The van der Waals surface area contributed by atoms with Crippen LogP contribution in [0.5, 0.6) is 11.5 Å². The second-order valence-corrected chi connectivity index (χ2v) is 12.1. The van der Waals surface area contributed by atoms with Crippen molar-refractivity contribution in [3.8, 4) is 17.2 Å². The van der Waals surface area contributed by atoms with Gasteiger partial charge >= 0.3 is 0 Å². The molecular weight excluding hydrogens is 585 g/mol. The lowest BCUT2D eigenvalue weighted by molar-refractivity contribution is -0.0941. The first kappa shape index (κ1) is 32.3. The molecule has 0 radical (unpaired) electrons. The Balaban J connectivity index is 1.76. The number of allylic oxidation sites excluding steroid dienone is 1. The predicted octanol–water partition coefficient (Wildman–Crippen LogP) is 2.87. The molecule has 3 heterocycles. The van der Waals surface area contributed by atoms with E-state index < -0.39 is 33.3 Å². The van der Waals surface area contributed by atoms with E-state index in [0.29, 0.717) is 42.8 Å². The molecule has 0 unspecified atom stereocenters. The number of hydrogen-bond donors (Lipinski definition) is 1. The van der Waals surface area contributed by atoms with Crippen LogP contribution in [0.2, 0.25) is 0 Å². The van der Waals surface area contributed by atoms with Gasteiger partial charge in [0.15, 0.2) is 5.82 Å². The third-order valence-electron chi connectivity index (χ3n) is 6.71. The van der Waals surface area contributed by atoms with Crippen LogP contribution in [0.15, 0.2) is 40.2 Å². The lowest BCUT2D eigenvalue weighted by Crippen LogP contribution is -2.52. The molecule has 0 aliphatic carbocycles. The number of nitrogens with one attached hydrogen (secondary N) is 1. The fourth-order valence-corrected chi connectivity index (χ4v) is 6.34. The highest BCUT2D eigenvalue weighted by atomic mass is 32.2. The van der Waals surface area contributed by atoms with E-state index in [1.807, 2.05) is 13.8 Å². The molecule has 236 valence electrons. The molecule has 0 saturated carbocycles. The minimum atomic E-state index is -4.15. The molecule has 2 saturated heterocycles. The second kappa shape index (κ2) is 14.2. The van der Waals surface area contributed by atoms with Crippen LogP contribution in [-0.4, -0.2) is 105 Å². The van der Waals surface area contributed by atoms with Crippen LogP contribution in [0.1, 0.15) is 39.1 Å². The summed E-state index contributed by atoms with van der Waals surface area (Å²) in [5.74, 6) is 0.519. The van der Waals surface area contributed by atoms with Crippen molar-refractivity contribution < 1.29 is 36.5 Å². The Morgan fingerprint density at radius 2 is 1.93 bits per heavy atom. The van der Waals surface area contributed by atoms with E-state index in [1.54, 1.807) is 23.1 Å². The monoisotopic (exact) mass is 623 g/mol. The molecule has 2 aromatic rings. The van der Waals surface area contributed by atoms with E-state index in [0.717, 1.165) is 6.20 Å². The summed E-state index contributed by atoms with van der Waals surface area (Å²) in [4.78, 5) is 9.57. The molecule has 0 bridgehead atoms. The highest BCUT2D eigenvalue weighted by Gasteiger charge is 2.39. The summed E-state index contributed by atoms with van der Waals surface area (Å²) < 4.78 is 74.4. The zero-order chi connectivity index (χ0) is 31.1. The SMILES string of the molecule is C=N/C(=N\C=C(/C)F)N1C[C@@H](OC(C)C)C[C@@H](S(=O)(=O)Nc2nnc([C@H]3COCCO3)n2-c2c(OC)cccc2OC)C1. The summed E-state index contributed by atoms with van der Waals surface area (Å²) in [5, 5.41) is 7.51. The third kappa shape index (κ3) is 7.68. The maximum Gasteiger partial charge on any atom is 0.243 e. The molecule has 0 amide bonds. The maximum absolute atomic E-state index is 14.0. The maximum atomic E-state index is 14.0. The normalized spacial score (nSPS) is 22.0. The van der Waals surface area contributed by atoms with Crippen molar-refractivity contribution in [2.24, 2.45) is 9.98 Å². The number of anilines is 1. The highest BCUT2D eigenvalue weighted by molar-refractivity contribution is 7.93. The van der Waals surface area contributed by atoms with Gasteiger partial charge in [0, 0.05) is 13.1 Å². The molecule has 2 aliphatic rings. The van der Waals surface area contributed by atoms with Crippen LogP contribution >= 0.6 is 0 Å². The Labute approximate surface area is 250 Å². The average Bonchev–Trinajstić information content (AvgIpc) is 3.39. The Bertz CT molecular complexity index is 1410. The Kier molecular flexibility index (Phi) is 10.7. The summed E-state index contributed by atoms with van der Waals surface area (Å²) in [6.07, 6.45) is -0.126. The zero-order valence-electron chi connectivity index (χ0n) is 24.9. The molecule has 4 rings (SSSR count). The Morgan fingerprint density at radius 3 is 2.51 bits per heavy atom. The highest BCUT2D eigenvalue weighted by Crippen LogP contribution is 2.37. The lowest BCUT2D eigenvalue weighted by atomic mass is 10.1. The largest absolute Gasteiger partial charge is 0.494 e. The molecule has 43 heavy (non-hydrogen) atoms. The molecule has 2 aliphatic heterocycles. The lowest BCUT2D eigenvalue weighted by Gasteiger charge is -2.38. The van der Waals surface area contributed by atoms with Crippen molar-refractivity contribution in [3.63, 3.8) is 0 Å². The topological polar surface area (TPSA) is 151 Å².